The van der Waals surface area contributed by atoms with Gasteiger partial charge >= 0.3 is 0 Å². The summed E-state index contributed by atoms with van der Waals surface area (Å²) in [6.45, 7) is 4.24. The lowest BCUT2D eigenvalue weighted by Crippen LogP contribution is -2.65. The molecular weight excluding hydrogens is 495 g/mol. The first-order chi connectivity index (χ1) is 18.7. The SMILES string of the molecule is C=CC[C@H]1C(=O)N(C(Cc2ccc3ccccc3c2)C(=O)N(C)C)CCN1C(=O)C(N)Cc1ccc(F)cc1. The van der Waals surface area contributed by atoms with Crippen LogP contribution in [0.1, 0.15) is 17.5 Å². The third-order valence-corrected chi connectivity index (χ3v) is 7.23. The average molecular weight is 531 g/mol. The van der Waals surface area contributed by atoms with Crippen LogP contribution in [0.25, 0.3) is 10.8 Å². The largest absolute Gasteiger partial charge is 0.347 e. The summed E-state index contributed by atoms with van der Waals surface area (Å²) in [6.07, 6.45) is 2.41. The maximum Gasteiger partial charge on any atom is 0.246 e. The van der Waals surface area contributed by atoms with E-state index in [0.29, 0.717) is 6.42 Å². The summed E-state index contributed by atoms with van der Waals surface area (Å²) >= 11 is 0. The molecule has 0 aliphatic carbocycles. The van der Waals surface area contributed by atoms with Gasteiger partial charge in [0.1, 0.15) is 17.9 Å². The van der Waals surface area contributed by atoms with Crippen LogP contribution in [0.15, 0.2) is 79.4 Å². The summed E-state index contributed by atoms with van der Waals surface area (Å²) in [5, 5.41) is 2.16. The quantitative estimate of drug-likeness (QED) is 0.431. The molecule has 3 atom stereocenters. The van der Waals surface area contributed by atoms with Gasteiger partial charge in [0.15, 0.2) is 0 Å². The van der Waals surface area contributed by atoms with E-state index in [1.807, 2.05) is 42.5 Å². The van der Waals surface area contributed by atoms with Crippen LogP contribution in [0.2, 0.25) is 0 Å². The molecule has 2 unspecified atom stereocenters. The Kier molecular flexibility index (Phi) is 8.76. The average Bonchev–Trinajstić information content (AvgIpc) is 2.93. The molecule has 1 aliphatic rings. The van der Waals surface area contributed by atoms with Gasteiger partial charge in [-0.3, -0.25) is 14.4 Å². The molecule has 1 saturated heterocycles. The fourth-order valence-corrected chi connectivity index (χ4v) is 5.16. The summed E-state index contributed by atoms with van der Waals surface area (Å²) in [6, 6.07) is 17.5. The first kappa shape index (κ1) is 28.0. The number of hydrogen-bond acceptors (Lipinski definition) is 4. The van der Waals surface area contributed by atoms with Gasteiger partial charge in [0.05, 0.1) is 6.04 Å². The Bertz CT molecular complexity index is 1360. The van der Waals surface area contributed by atoms with E-state index in [-0.39, 0.29) is 49.5 Å². The van der Waals surface area contributed by atoms with Gasteiger partial charge in [0.2, 0.25) is 17.7 Å². The van der Waals surface area contributed by atoms with Crippen LogP contribution in [0.5, 0.6) is 0 Å². The van der Waals surface area contributed by atoms with Crippen molar-refractivity contribution in [2.24, 2.45) is 5.73 Å². The second-order valence-electron chi connectivity index (χ2n) is 10.2. The summed E-state index contributed by atoms with van der Waals surface area (Å²) in [5.74, 6) is -1.20. The van der Waals surface area contributed by atoms with Crippen molar-refractivity contribution in [1.29, 1.82) is 0 Å². The smallest absolute Gasteiger partial charge is 0.246 e. The number of benzene rings is 3. The van der Waals surface area contributed by atoms with E-state index in [9.17, 15) is 18.8 Å². The first-order valence-corrected chi connectivity index (χ1v) is 13.1. The second-order valence-corrected chi connectivity index (χ2v) is 10.2. The Labute approximate surface area is 228 Å². The molecule has 2 N–H and O–H groups in total. The Morgan fingerprint density at radius 2 is 1.69 bits per heavy atom. The van der Waals surface area contributed by atoms with Gasteiger partial charge < -0.3 is 20.4 Å². The fourth-order valence-electron chi connectivity index (χ4n) is 5.16. The molecule has 7 nitrogen and oxygen atoms in total. The maximum absolute atomic E-state index is 13.9. The highest BCUT2D eigenvalue weighted by Crippen LogP contribution is 2.23. The van der Waals surface area contributed by atoms with Gasteiger partial charge in [-0.05, 0) is 46.9 Å². The van der Waals surface area contributed by atoms with Crippen LogP contribution < -0.4 is 5.73 Å². The second kappa shape index (κ2) is 12.2. The van der Waals surface area contributed by atoms with Crippen LogP contribution in [-0.4, -0.2) is 77.7 Å². The molecule has 4 rings (SSSR count). The lowest BCUT2D eigenvalue weighted by atomic mass is 9.97. The summed E-state index contributed by atoms with van der Waals surface area (Å²) in [7, 11) is 3.35. The molecule has 8 heteroatoms. The number of carbonyl (C=O) groups excluding carboxylic acids is 3. The van der Waals surface area contributed by atoms with Gasteiger partial charge in [-0.15, -0.1) is 6.58 Å². The highest BCUT2D eigenvalue weighted by Gasteiger charge is 2.42. The molecule has 0 saturated carbocycles. The normalized spacial score (nSPS) is 17.1. The number of amides is 3. The molecule has 0 aromatic heterocycles. The molecule has 204 valence electrons. The van der Waals surface area contributed by atoms with Gasteiger partial charge in [-0.1, -0.05) is 60.7 Å². The predicted molar refractivity (Wildman–Crippen MR) is 150 cm³/mol. The molecule has 1 aliphatic heterocycles. The monoisotopic (exact) mass is 530 g/mol. The topological polar surface area (TPSA) is 87.0 Å². The van der Waals surface area contributed by atoms with Gasteiger partial charge in [0.25, 0.3) is 0 Å². The predicted octanol–water partition coefficient (Wildman–Crippen LogP) is 3.16. The van der Waals surface area contributed by atoms with Crippen molar-refractivity contribution in [3.8, 4) is 0 Å². The molecule has 1 heterocycles. The van der Waals surface area contributed by atoms with E-state index >= 15 is 0 Å². The van der Waals surface area contributed by atoms with Gasteiger partial charge in [-0.2, -0.15) is 0 Å². The van der Waals surface area contributed by atoms with Crippen LogP contribution in [0, 0.1) is 5.82 Å². The molecular formula is C31H35FN4O3. The van der Waals surface area contributed by atoms with E-state index in [0.717, 1.165) is 21.9 Å². The number of nitrogens with two attached hydrogens (primary N) is 1. The van der Waals surface area contributed by atoms with E-state index < -0.39 is 18.1 Å². The zero-order valence-corrected chi connectivity index (χ0v) is 22.4. The van der Waals surface area contributed by atoms with Crippen molar-refractivity contribution in [1.82, 2.24) is 14.7 Å². The minimum Gasteiger partial charge on any atom is -0.347 e. The maximum atomic E-state index is 13.9. The molecule has 3 aromatic carbocycles. The Balaban J connectivity index is 1.56. The third kappa shape index (κ3) is 6.34. The standard InChI is InChI=1S/C31H35FN4O3/c1-4-7-27-31(39)36(17-16-35(27)29(37)26(33)19-21-11-14-25(32)15-12-21)28(30(38)34(2)3)20-22-10-13-23-8-5-6-9-24(23)18-22/h4-6,8-15,18,26-28H,1,7,16-17,19-20,33H2,2-3H3/t26?,27-,28?/m0/s1. The van der Waals surface area contributed by atoms with E-state index in [1.54, 1.807) is 37.2 Å². The van der Waals surface area contributed by atoms with Crippen LogP contribution in [0.3, 0.4) is 0 Å². The number of fused-ring (bicyclic) bond motifs is 1. The molecule has 0 radical (unpaired) electrons. The van der Waals surface area contributed by atoms with E-state index in [2.05, 4.69) is 6.58 Å². The van der Waals surface area contributed by atoms with Gasteiger partial charge in [0, 0.05) is 33.6 Å². The summed E-state index contributed by atoms with van der Waals surface area (Å²) in [4.78, 5) is 45.2. The van der Waals surface area contributed by atoms with Crippen molar-refractivity contribution in [2.75, 3.05) is 27.2 Å². The minimum atomic E-state index is -0.890. The van der Waals surface area contributed by atoms with Crippen molar-refractivity contribution in [2.45, 2.75) is 37.4 Å². The van der Waals surface area contributed by atoms with Crippen molar-refractivity contribution < 1.29 is 18.8 Å². The molecule has 0 spiro atoms. The van der Waals surface area contributed by atoms with E-state index in [4.69, 9.17) is 5.73 Å². The summed E-state index contributed by atoms with van der Waals surface area (Å²) < 4.78 is 13.3. The Hall–Kier alpha value is -4.04. The number of hydrogen-bond donors (Lipinski definition) is 1. The number of rotatable bonds is 9. The minimum absolute atomic E-state index is 0.179. The van der Waals surface area contributed by atoms with Crippen molar-refractivity contribution >= 4 is 28.5 Å². The Morgan fingerprint density at radius 1 is 1.03 bits per heavy atom. The zero-order valence-electron chi connectivity index (χ0n) is 22.4. The lowest BCUT2D eigenvalue weighted by molar-refractivity contribution is -0.157. The highest BCUT2D eigenvalue weighted by atomic mass is 19.1. The molecule has 1 fully saturated rings. The highest BCUT2D eigenvalue weighted by molar-refractivity contribution is 5.94. The first-order valence-electron chi connectivity index (χ1n) is 13.1. The number of halogens is 1. The number of piperazine rings is 1. The van der Waals surface area contributed by atoms with E-state index in [1.165, 1.54) is 21.9 Å². The summed E-state index contributed by atoms with van der Waals surface area (Å²) in [5.41, 5.74) is 7.93. The Morgan fingerprint density at radius 3 is 2.36 bits per heavy atom. The van der Waals surface area contributed by atoms with Crippen LogP contribution >= 0.6 is 0 Å². The van der Waals surface area contributed by atoms with Gasteiger partial charge in [-0.25, -0.2) is 4.39 Å². The number of carbonyl (C=O) groups is 3. The molecule has 39 heavy (non-hydrogen) atoms. The molecule has 3 aromatic rings. The fraction of sp³-hybridized carbons (Fsp3) is 0.323. The third-order valence-electron chi connectivity index (χ3n) is 7.23. The number of nitrogens with zero attached hydrogens (tertiary/aromatic N) is 3. The van der Waals surface area contributed by atoms with Crippen LogP contribution in [-0.2, 0) is 27.2 Å². The van der Waals surface area contributed by atoms with Crippen molar-refractivity contribution in [3.05, 3.63) is 96.3 Å². The number of likely N-dealkylation sites (N-methyl/N-ethyl adjacent to an activating group) is 1. The molecule has 3 amide bonds. The lowest BCUT2D eigenvalue weighted by Gasteiger charge is -2.44. The zero-order chi connectivity index (χ0) is 28.1. The molecule has 0 bridgehead atoms. The van der Waals surface area contributed by atoms with Crippen LogP contribution in [0.4, 0.5) is 4.39 Å². The van der Waals surface area contributed by atoms with Crippen molar-refractivity contribution in [3.63, 3.8) is 0 Å².